The van der Waals surface area contributed by atoms with E-state index in [0.717, 1.165) is 18.4 Å². The van der Waals surface area contributed by atoms with Gasteiger partial charge in [-0.05, 0) is 12.5 Å². The van der Waals surface area contributed by atoms with E-state index in [1.54, 1.807) is 19.5 Å². The summed E-state index contributed by atoms with van der Waals surface area (Å²) in [6.07, 6.45) is 6.81. The van der Waals surface area contributed by atoms with Crippen LogP contribution in [0.2, 0.25) is 0 Å². The molecule has 0 spiro atoms. The molecule has 4 heteroatoms. The largest absolute Gasteiger partial charge is 0.495 e. The Morgan fingerprint density at radius 1 is 1.56 bits per heavy atom. The van der Waals surface area contributed by atoms with Crippen LogP contribution < -0.4 is 4.74 Å². The van der Waals surface area contributed by atoms with Gasteiger partial charge in [0.1, 0.15) is 5.75 Å². The molecule has 2 rings (SSSR count). The number of methoxy groups -OCH3 is 1. The zero-order valence-corrected chi connectivity index (χ0v) is 11.1. The van der Waals surface area contributed by atoms with Gasteiger partial charge in [-0.1, -0.05) is 13.3 Å². The van der Waals surface area contributed by atoms with Crippen molar-refractivity contribution in [1.29, 1.82) is 0 Å². The van der Waals surface area contributed by atoms with E-state index in [1.165, 1.54) is 0 Å². The monoisotopic (exact) mass is 251 g/mol. The maximum absolute atomic E-state index is 10.8. The normalized spacial score (nSPS) is 28.1. The van der Waals surface area contributed by atoms with Gasteiger partial charge in [-0.25, -0.2) is 0 Å². The van der Waals surface area contributed by atoms with E-state index >= 15 is 0 Å². The summed E-state index contributed by atoms with van der Waals surface area (Å²) in [7, 11) is 1.61. The van der Waals surface area contributed by atoms with Crippen LogP contribution in [-0.2, 0) is 10.3 Å². The first kappa shape index (κ1) is 13.3. The van der Waals surface area contributed by atoms with Crippen molar-refractivity contribution in [1.82, 2.24) is 4.98 Å². The summed E-state index contributed by atoms with van der Waals surface area (Å²) in [5.41, 5.74) is -0.00847. The van der Waals surface area contributed by atoms with Crippen molar-refractivity contribution in [3.63, 3.8) is 0 Å². The topological polar surface area (TPSA) is 51.6 Å². The first-order valence-electron chi connectivity index (χ1n) is 6.51. The van der Waals surface area contributed by atoms with Gasteiger partial charge >= 0.3 is 0 Å². The van der Waals surface area contributed by atoms with Gasteiger partial charge in [0.2, 0.25) is 0 Å². The average molecular weight is 251 g/mol. The fraction of sp³-hybridized carbons (Fsp3) is 0.643. The number of nitrogens with zero attached hydrogens (tertiary/aromatic N) is 1. The lowest BCUT2D eigenvalue weighted by Crippen LogP contribution is -2.38. The molecule has 2 atom stereocenters. The predicted octanol–water partition coefficient (Wildman–Crippen LogP) is 2.26. The Hall–Kier alpha value is -1.13. The van der Waals surface area contributed by atoms with Gasteiger partial charge in [-0.2, -0.15) is 0 Å². The zero-order chi connectivity index (χ0) is 13.0. The highest BCUT2D eigenvalue weighted by Crippen LogP contribution is 2.36. The standard InChI is InChI=1S/C14H21NO3/c1-3-4-12-8-14(16,5-6-18-12)11-7-13(17-2)10-15-9-11/h7,9-10,12,16H,3-6,8H2,1-2H3. The molecule has 1 fully saturated rings. The van der Waals surface area contributed by atoms with Crippen molar-refractivity contribution in [2.24, 2.45) is 0 Å². The SMILES string of the molecule is CCCC1CC(O)(c2cncc(OC)c2)CCO1. The van der Waals surface area contributed by atoms with E-state index < -0.39 is 5.60 Å². The first-order valence-corrected chi connectivity index (χ1v) is 6.51. The van der Waals surface area contributed by atoms with Crippen LogP contribution in [-0.4, -0.2) is 29.9 Å². The quantitative estimate of drug-likeness (QED) is 0.891. The van der Waals surface area contributed by atoms with Crippen molar-refractivity contribution >= 4 is 0 Å². The number of hydrogen-bond acceptors (Lipinski definition) is 4. The molecule has 0 aromatic carbocycles. The van der Waals surface area contributed by atoms with Crippen molar-refractivity contribution < 1.29 is 14.6 Å². The van der Waals surface area contributed by atoms with Crippen LogP contribution in [0.1, 0.15) is 38.2 Å². The van der Waals surface area contributed by atoms with E-state index in [9.17, 15) is 5.11 Å². The molecule has 18 heavy (non-hydrogen) atoms. The maximum Gasteiger partial charge on any atom is 0.137 e. The fourth-order valence-corrected chi connectivity index (χ4v) is 2.49. The van der Waals surface area contributed by atoms with Gasteiger partial charge in [-0.15, -0.1) is 0 Å². The minimum atomic E-state index is -0.834. The zero-order valence-electron chi connectivity index (χ0n) is 11.1. The Labute approximate surface area is 108 Å². The summed E-state index contributed by atoms with van der Waals surface area (Å²) in [5.74, 6) is 0.680. The lowest BCUT2D eigenvalue weighted by atomic mass is 9.83. The summed E-state index contributed by atoms with van der Waals surface area (Å²) < 4.78 is 10.8. The van der Waals surface area contributed by atoms with Crippen LogP contribution in [0.15, 0.2) is 18.5 Å². The molecule has 1 aliphatic heterocycles. The Morgan fingerprint density at radius 3 is 3.11 bits per heavy atom. The third-order valence-corrected chi connectivity index (χ3v) is 3.53. The highest BCUT2D eigenvalue weighted by atomic mass is 16.5. The van der Waals surface area contributed by atoms with Crippen molar-refractivity contribution in [2.75, 3.05) is 13.7 Å². The number of ether oxygens (including phenoxy) is 2. The van der Waals surface area contributed by atoms with Crippen molar-refractivity contribution in [2.45, 2.75) is 44.3 Å². The second-order valence-corrected chi connectivity index (χ2v) is 4.88. The highest BCUT2D eigenvalue weighted by molar-refractivity contribution is 5.28. The summed E-state index contributed by atoms with van der Waals surface area (Å²) in [6, 6.07) is 1.86. The fourth-order valence-electron chi connectivity index (χ4n) is 2.49. The van der Waals surface area contributed by atoms with Crippen LogP contribution in [0, 0.1) is 0 Å². The third kappa shape index (κ3) is 2.82. The molecule has 1 saturated heterocycles. The molecule has 0 bridgehead atoms. The number of hydrogen-bond donors (Lipinski definition) is 1. The molecule has 0 radical (unpaired) electrons. The minimum absolute atomic E-state index is 0.139. The second-order valence-electron chi connectivity index (χ2n) is 4.88. The summed E-state index contributed by atoms with van der Waals surface area (Å²) >= 11 is 0. The van der Waals surface area contributed by atoms with Gasteiger partial charge in [0.05, 0.1) is 31.6 Å². The Bertz CT molecular complexity index is 394. The third-order valence-electron chi connectivity index (χ3n) is 3.53. The minimum Gasteiger partial charge on any atom is -0.495 e. The number of pyridine rings is 1. The smallest absolute Gasteiger partial charge is 0.137 e. The molecule has 1 aliphatic rings. The lowest BCUT2D eigenvalue weighted by Gasteiger charge is -2.37. The lowest BCUT2D eigenvalue weighted by molar-refractivity contribution is -0.110. The van der Waals surface area contributed by atoms with Crippen LogP contribution in [0.4, 0.5) is 0 Å². The Balaban J connectivity index is 2.18. The molecule has 2 unspecified atom stereocenters. The van der Waals surface area contributed by atoms with Crippen LogP contribution >= 0.6 is 0 Å². The molecule has 0 saturated carbocycles. The molecular weight excluding hydrogens is 230 g/mol. The molecular formula is C14H21NO3. The Kier molecular flexibility index (Phi) is 4.19. The molecule has 0 amide bonds. The molecule has 4 nitrogen and oxygen atoms in total. The number of aromatic nitrogens is 1. The van der Waals surface area contributed by atoms with Gasteiger partial charge in [0.15, 0.2) is 0 Å². The van der Waals surface area contributed by atoms with E-state index in [2.05, 4.69) is 11.9 Å². The van der Waals surface area contributed by atoms with E-state index in [0.29, 0.717) is 25.2 Å². The van der Waals surface area contributed by atoms with E-state index in [4.69, 9.17) is 9.47 Å². The Morgan fingerprint density at radius 2 is 2.39 bits per heavy atom. The van der Waals surface area contributed by atoms with Gasteiger partial charge < -0.3 is 14.6 Å². The molecule has 1 aromatic heterocycles. The van der Waals surface area contributed by atoms with Crippen LogP contribution in [0.5, 0.6) is 5.75 Å². The molecule has 100 valence electrons. The summed E-state index contributed by atoms with van der Waals surface area (Å²) in [4.78, 5) is 4.12. The van der Waals surface area contributed by atoms with Crippen LogP contribution in [0.25, 0.3) is 0 Å². The van der Waals surface area contributed by atoms with Crippen molar-refractivity contribution in [3.05, 3.63) is 24.0 Å². The molecule has 2 heterocycles. The van der Waals surface area contributed by atoms with Gasteiger partial charge in [-0.3, -0.25) is 4.98 Å². The maximum atomic E-state index is 10.8. The number of rotatable bonds is 4. The van der Waals surface area contributed by atoms with E-state index in [1.807, 2.05) is 6.07 Å². The first-order chi connectivity index (χ1) is 8.68. The predicted molar refractivity (Wildman–Crippen MR) is 68.6 cm³/mol. The van der Waals surface area contributed by atoms with Crippen LogP contribution in [0.3, 0.4) is 0 Å². The molecule has 1 N–H and O–H groups in total. The summed E-state index contributed by atoms with van der Waals surface area (Å²) in [5, 5.41) is 10.8. The van der Waals surface area contributed by atoms with Gasteiger partial charge in [0, 0.05) is 24.6 Å². The summed E-state index contributed by atoms with van der Waals surface area (Å²) in [6.45, 7) is 2.72. The highest BCUT2D eigenvalue weighted by Gasteiger charge is 2.36. The molecule has 1 aromatic rings. The number of aliphatic hydroxyl groups is 1. The molecule has 0 aliphatic carbocycles. The van der Waals surface area contributed by atoms with E-state index in [-0.39, 0.29) is 6.10 Å². The average Bonchev–Trinajstić information content (AvgIpc) is 2.39. The van der Waals surface area contributed by atoms with Gasteiger partial charge in [0.25, 0.3) is 0 Å². The van der Waals surface area contributed by atoms with Crippen molar-refractivity contribution in [3.8, 4) is 5.75 Å². The second kappa shape index (κ2) is 5.67.